The summed E-state index contributed by atoms with van der Waals surface area (Å²) in [5.74, 6) is -0.192. The van der Waals surface area contributed by atoms with Crippen molar-refractivity contribution in [2.45, 2.75) is 30.3 Å². The molecule has 2 aromatic rings. The zero-order valence-electron chi connectivity index (χ0n) is 10.6. The number of halogens is 1. The van der Waals surface area contributed by atoms with Gasteiger partial charge >= 0.3 is 0 Å². The first-order chi connectivity index (χ1) is 9.28. The fourth-order valence-electron chi connectivity index (χ4n) is 1.92. The Morgan fingerprint density at radius 2 is 2.32 bits per heavy atom. The molecule has 1 fully saturated rings. The van der Waals surface area contributed by atoms with Crippen molar-refractivity contribution >= 4 is 23.1 Å². The van der Waals surface area contributed by atoms with Crippen molar-refractivity contribution in [2.24, 2.45) is 0 Å². The molecule has 3 rings (SSSR count). The van der Waals surface area contributed by atoms with E-state index in [0.717, 1.165) is 22.1 Å². The molecule has 1 aromatic carbocycles. The lowest BCUT2D eigenvalue weighted by molar-refractivity contribution is 0.627. The Morgan fingerprint density at radius 1 is 1.47 bits per heavy atom. The molecule has 0 atom stereocenters. The summed E-state index contributed by atoms with van der Waals surface area (Å²) in [5.41, 5.74) is 1.64. The minimum atomic E-state index is -0.192. The molecule has 19 heavy (non-hydrogen) atoms. The highest BCUT2D eigenvalue weighted by atomic mass is 32.2. The van der Waals surface area contributed by atoms with Crippen LogP contribution in [0.4, 0.5) is 4.39 Å². The molecule has 2 nitrogen and oxygen atoms in total. The molecule has 1 N–H and O–H groups in total. The van der Waals surface area contributed by atoms with Crippen LogP contribution in [0.5, 0.6) is 0 Å². The van der Waals surface area contributed by atoms with Gasteiger partial charge in [-0.2, -0.15) is 0 Å². The lowest BCUT2D eigenvalue weighted by Crippen LogP contribution is -2.15. The number of benzene rings is 1. The number of nitrogens with one attached hydrogen (secondary N) is 1. The first-order valence-corrected chi connectivity index (χ1v) is 8.39. The van der Waals surface area contributed by atoms with Crippen LogP contribution in [0.15, 0.2) is 28.5 Å². The van der Waals surface area contributed by atoms with Crippen LogP contribution in [-0.2, 0) is 6.54 Å². The summed E-state index contributed by atoms with van der Waals surface area (Å²) in [7, 11) is 0. The van der Waals surface area contributed by atoms with Crippen LogP contribution in [0, 0.1) is 5.82 Å². The van der Waals surface area contributed by atoms with E-state index in [4.69, 9.17) is 0 Å². The van der Waals surface area contributed by atoms with Crippen LogP contribution in [0.1, 0.15) is 18.5 Å². The summed E-state index contributed by atoms with van der Waals surface area (Å²) in [4.78, 5) is 5.49. The molecule has 0 saturated heterocycles. The molecular formula is C14H15FN2S2. The summed E-state index contributed by atoms with van der Waals surface area (Å²) in [5, 5.41) is 6.21. The Labute approximate surface area is 120 Å². The highest BCUT2D eigenvalue weighted by Crippen LogP contribution is 2.34. The van der Waals surface area contributed by atoms with Gasteiger partial charge in [0, 0.05) is 22.9 Å². The number of hydrogen-bond donors (Lipinski definition) is 1. The Balaban J connectivity index is 1.84. The first kappa shape index (κ1) is 13.1. The van der Waals surface area contributed by atoms with Gasteiger partial charge < -0.3 is 5.32 Å². The van der Waals surface area contributed by atoms with Crippen LogP contribution in [0.3, 0.4) is 0 Å². The molecule has 100 valence electrons. The molecule has 1 heterocycles. The van der Waals surface area contributed by atoms with E-state index < -0.39 is 0 Å². The normalized spacial score (nSPS) is 14.8. The SMILES string of the molecule is CSc1cccc(F)c1-c1nc(CNC2CC2)cs1. The maximum atomic E-state index is 14.0. The smallest absolute Gasteiger partial charge is 0.134 e. The molecular weight excluding hydrogens is 279 g/mol. The second kappa shape index (κ2) is 5.61. The van der Waals surface area contributed by atoms with Crippen molar-refractivity contribution in [3.63, 3.8) is 0 Å². The molecule has 0 unspecified atom stereocenters. The molecule has 0 spiro atoms. The molecule has 1 aliphatic carbocycles. The summed E-state index contributed by atoms with van der Waals surface area (Å²) in [6.45, 7) is 0.782. The van der Waals surface area contributed by atoms with Crippen molar-refractivity contribution in [2.75, 3.05) is 6.26 Å². The number of aromatic nitrogens is 1. The van der Waals surface area contributed by atoms with E-state index in [1.165, 1.54) is 30.2 Å². The van der Waals surface area contributed by atoms with Crippen LogP contribution in [0.25, 0.3) is 10.6 Å². The average molecular weight is 294 g/mol. The molecule has 0 amide bonds. The summed E-state index contributed by atoms with van der Waals surface area (Å²) >= 11 is 3.07. The van der Waals surface area contributed by atoms with Crippen molar-refractivity contribution in [3.05, 3.63) is 35.1 Å². The van der Waals surface area contributed by atoms with E-state index in [-0.39, 0.29) is 5.82 Å². The second-order valence-corrected chi connectivity index (χ2v) is 6.32. The number of thiazole rings is 1. The number of rotatable bonds is 5. The highest BCUT2D eigenvalue weighted by Gasteiger charge is 2.21. The zero-order valence-corrected chi connectivity index (χ0v) is 12.3. The van der Waals surface area contributed by atoms with Gasteiger partial charge in [0.2, 0.25) is 0 Å². The third-order valence-corrected chi connectivity index (χ3v) is 4.80. The third-order valence-electron chi connectivity index (χ3n) is 3.11. The van der Waals surface area contributed by atoms with E-state index >= 15 is 0 Å². The third kappa shape index (κ3) is 2.99. The molecule has 1 aromatic heterocycles. The lowest BCUT2D eigenvalue weighted by Gasteiger charge is -2.05. The summed E-state index contributed by atoms with van der Waals surface area (Å²) in [6.07, 6.45) is 4.49. The van der Waals surface area contributed by atoms with Crippen LogP contribution < -0.4 is 5.32 Å². The fraction of sp³-hybridized carbons (Fsp3) is 0.357. The fourth-order valence-corrected chi connectivity index (χ4v) is 3.48. The van der Waals surface area contributed by atoms with Crippen LogP contribution >= 0.6 is 23.1 Å². The minimum absolute atomic E-state index is 0.192. The Bertz CT molecular complexity index is 579. The van der Waals surface area contributed by atoms with E-state index in [1.54, 1.807) is 17.8 Å². The average Bonchev–Trinajstić information content (AvgIpc) is 3.14. The van der Waals surface area contributed by atoms with Gasteiger partial charge in [-0.25, -0.2) is 9.37 Å². The van der Waals surface area contributed by atoms with Crippen molar-refractivity contribution in [1.82, 2.24) is 10.3 Å². The molecule has 1 saturated carbocycles. The Hall–Kier alpha value is -0.910. The van der Waals surface area contributed by atoms with Gasteiger partial charge in [-0.15, -0.1) is 23.1 Å². The molecule has 1 aliphatic rings. The number of nitrogens with zero attached hydrogens (tertiary/aromatic N) is 1. The summed E-state index contributed by atoms with van der Waals surface area (Å²) < 4.78 is 14.0. The number of thioether (sulfide) groups is 1. The molecule has 0 aliphatic heterocycles. The van der Waals surface area contributed by atoms with Gasteiger partial charge in [0.1, 0.15) is 10.8 Å². The maximum absolute atomic E-state index is 14.0. The van der Waals surface area contributed by atoms with Gasteiger partial charge in [0.25, 0.3) is 0 Å². The van der Waals surface area contributed by atoms with Gasteiger partial charge in [-0.1, -0.05) is 6.07 Å². The topological polar surface area (TPSA) is 24.9 Å². The predicted molar refractivity (Wildman–Crippen MR) is 79.2 cm³/mol. The van der Waals surface area contributed by atoms with Crippen molar-refractivity contribution < 1.29 is 4.39 Å². The number of hydrogen-bond acceptors (Lipinski definition) is 4. The monoisotopic (exact) mass is 294 g/mol. The summed E-state index contributed by atoms with van der Waals surface area (Å²) in [6, 6.07) is 5.85. The largest absolute Gasteiger partial charge is 0.308 e. The maximum Gasteiger partial charge on any atom is 0.134 e. The highest BCUT2D eigenvalue weighted by molar-refractivity contribution is 7.98. The quantitative estimate of drug-likeness (QED) is 0.846. The van der Waals surface area contributed by atoms with E-state index in [1.807, 2.05) is 17.7 Å². The molecule has 0 radical (unpaired) electrons. The van der Waals surface area contributed by atoms with Gasteiger partial charge in [0.15, 0.2) is 0 Å². The lowest BCUT2D eigenvalue weighted by atomic mass is 10.2. The molecule has 5 heteroatoms. The van der Waals surface area contributed by atoms with E-state index in [2.05, 4.69) is 10.3 Å². The van der Waals surface area contributed by atoms with E-state index in [9.17, 15) is 4.39 Å². The van der Waals surface area contributed by atoms with Crippen LogP contribution in [0.2, 0.25) is 0 Å². The van der Waals surface area contributed by atoms with Crippen molar-refractivity contribution in [3.8, 4) is 10.6 Å². The van der Waals surface area contributed by atoms with Gasteiger partial charge in [-0.3, -0.25) is 0 Å². The Morgan fingerprint density at radius 3 is 3.05 bits per heavy atom. The molecule has 0 bridgehead atoms. The van der Waals surface area contributed by atoms with Gasteiger partial charge in [-0.05, 0) is 31.2 Å². The Kier molecular flexibility index (Phi) is 3.86. The minimum Gasteiger partial charge on any atom is -0.308 e. The van der Waals surface area contributed by atoms with Crippen molar-refractivity contribution in [1.29, 1.82) is 0 Å². The van der Waals surface area contributed by atoms with Gasteiger partial charge in [0.05, 0.1) is 11.3 Å². The van der Waals surface area contributed by atoms with Crippen LogP contribution in [-0.4, -0.2) is 17.3 Å². The predicted octanol–water partition coefficient (Wildman–Crippen LogP) is 3.92. The first-order valence-electron chi connectivity index (χ1n) is 6.28. The zero-order chi connectivity index (χ0) is 13.2. The second-order valence-electron chi connectivity index (χ2n) is 4.62. The standard InChI is InChI=1S/C14H15FN2S2/c1-18-12-4-2-3-11(15)13(12)14-17-10(8-19-14)7-16-9-5-6-9/h2-4,8-9,16H,5-7H2,1H3. The van der Waals surface area contributed by atoms with E-state index in [0.29, 0.717) is 11.6 Å².